The minimum absolute atomic E-state index is 0. The number of hydrogen-bond acceptors (Lipinski definition) is 0. The van der Waals surface area contributed by atoms with Gasteiger partial charge in [0, 0.05) is 0 Å². The predicted molar refractivity (Wildman–Crippen MR) is 162 cm³/mol. The van der Waals surface area contributed by atoms with Crippen LogP contribution in [0.2, 0.25) is 0 Å². The summed E-state index contributed by atoms with van der Waals surface area (Å²) in [6.07, 6.45) is 7.98. The molecule has 0 spiro atoms. The van der Waals surface area contributed by atoms with Gasteiger partial charge in [0.25, 0.3) is 0 Å². The average molecular weight is 643 g/mol. The molecule has 0 saturated heterocycles. The van der Waals surface area contributed by atoms with Crippen LogP contribution in [0, 0.1) is 23.8 Å². The van der Waals surface area contributed by atoms with Crippen LogP contribution in [0.15, 0.2) is 133 Å². The Balaban J connectivity index is 0.000000207. The van der Waals surface area contributed by atoms with Gasteiger partial charge in [-0.1, -0.05) is 81.8 Å². The van der Waals surface area contributed by atoms with Gasteiger partial charge in [-0.05, 0) is 0 Å². The van der Waals surface area contributed by atoms with Crippen molar-refractivity contribution in [2.75, 3.05) is 0 Å². The molecule has 1 aliphatic rings. The molecule has 0 nitrogen and oxygen atoms in total. The number of allylic oxidation sites excluding steroid dienone is 4. The summed E-state index contributed by atoms with van der Waals surface area (Å²) < 4.78 is 1.42. The van der Waals surface area contributed by atoms with Gasteiger partial charge in [-0.25, -0.2) is 11.6 Å². The van der Waals surface area contributed by atoms with Gasteiger partial charge in [0.2, 0.25) is 0 Å². The molecule has 0 radical (unpaired) electrons. The summed E-state index contributed by atoms with van der Waals surface area (Å²) in [4.78, 5) is 0. The molecule has 5 aromatic rings. The maximum Gasteiger partial charge on any atom is -0.0771 e. The van der Waals surface area contributed by atoms with Gasteiger partial charge in [-0.3, -0.25) is 6.08 Å². The van der Waals surface area contributed by atoms with E-state index in [-0.39, 0.29) is 24.8 Å². The first kappa shape index (κ1) is 33.8. The van der Waals surface area contributed by atoms with E-state index in [2.05, 4.69) is 161 Å². The SMILES string of the molecule is CC(C)C1=[C-]C(C(C)C)C=C1.[Cl-].[Cl-].[Zr+2]=[C](c1ccccc1)c1ccccc1.c1ccc2c(c1)[cH-]c1ccccc12. The van der Waals surface area contributed by atoms with Gasteiger partial charge in [0.05, 0.1) is 0 Å². The van der Waals surface area contributed by atoms with Crippen molar-refractivity contribution >= 4 is 24.8 Å². The van der Waals surface area contributed by atoms with Crippen molar-refractivity contribution in [2.45, 2.75) is 27.7 Å². The fourth-order valence-electron chi connectivity index (χ4n) is 4.52. The smallest absolute Gasteiger partial charge is 0.0771 e. The van der Waals surface area contributed by atoms with Crippen LogP contribution in [0.5, 0.6) is 0 Å². The summed E-state index contributed by atoms with van der Waals surface area (Å²) in [5.41, 5.74) is 4.04. The minimum atomic E-state index is 0. The molecule has 5 aromatic carbocycles. The molecule has 1 unspecified atom stereocenters. The van der Waals surface area contributed by atoms with Gasteiger partial charge < -0.3 is 24.8 Å². The molecule has 204 valence electrons. The predicted octanol–water partition coefficient (Wildman–Crippen LogP) is 3.74. The Morgan fingerprint density at radius 2 is 1.07 bits per heavy atom. The van der Waals surface area contributed by atoms with Crippen LogP contribution in [0.3, 0.4) is 0 Å². The van der Waals surface area contributed by atoms with Crippen molar-refractivity contribution in [3.63, 3.8) is 0 Å². The number of halogens is 2. The number of benzene rings is 4. The third kappa shape index (κ3) is 9.04. The first-order valence-electron chi connectivity index (χ1n) is 13.5. The summed E-state index contributed by atoms with van der Waals surface area (Å²) in [5.74, 6) is 1.89. The van der Waals surface area contributed by atoms with Crippen LogP contribution in [-0.2, 0) is 24.2 Å². The Morgan fingerprint density at radius 3 is 1.45 bits per heavy atom. The standard InChI is InChI=1S/C13H9.C13H10.C11H17.2ClH.Zr/c1-3-7-12-10(5-1)9-11-6-2-4-8-13(11)12;1-3-7-12(8-4-1)11-13-9-5-2-6-10-13;1-8(2)10-5-6-11(7-10)9(3)4;;;/h1-9H;1-10H;5-6,8-10H,1-4H3;2*1H;/q-1;;-1;;;+2/p-2. The third-order valence-corrected chi connectivity index (χ3v) is 8.22. The van der Waals surface area contributed by atoms with Crippen molar-refractivity contribution < 1.29 is 49.0 Å². The molecule has 0 heterocycles. The molecule has 3 heteroatoms. The second-order valence-corrected chi connectivity index (χ2v) is 11.5. The molecular formula is C37H36Cl2Zr-2. The Kier molecular flexibility index (Phi) is 14.1. The van der Waals surface area contributed by atoms with E-state index in [1.807, 2.05) is 0 Å². The summed E-state index contributed by atoms with van der Waals surface area (Å²) in [7, 11) is 0. The Morgan fingerprint density at radius 1 is 0.650 bits per heavy atom. The Bertz CT molecular complexity index is 1430. The van der Waals surface area contributed by atoms with Crippen LogP contribution in [0.4, 0.5) is 0 Å². The number of fused-ring (bicyclic) bond motifs is 3. The monoisotopic (exact) mass is 640 g/mol. The molecule has 0 saturated carbocycles. The van der Waals surface area contributed by atoms with E-state index in [1.165, 1.54) is 65.7 Å². The Hall–Kier alpha value is -2.44. The van der Waals surface area contributed by atoms with Crippen LogP contribution >= 0.6 is 0 Å². The second-order valence-electron chi connectivity index (χ2n) is 10.3. The number of hydrogen-bond donors (Lipinski definition) is 0. The van der Waals surface area contributed by atoms with Crippen molar-refractivity contribution in [3.8, 4) is 0 Å². The van der Waals surface area contributed by atoms with E-state index >= 15 is 0 Å². The van der Waals surface area contributed by atoms with Gasteiger partial charge in [0.15, 0.2) is 0 Å². The molecule has 6 rings (SSSR count). The zero-order valence-electron chi connectivity index (χ0n) is 23.6. The maximum absolute atomic E-state index is 3.50. The van der Waals surface area contributed by atoms with Crippen LogP contribution in [0.1, 0.15) is 38.8 Å². The van der Waals surface area contributed by atoms with Gasteiger partial charge in [0.1, 0.15) is 0 Å². The van der Waals surface area contributed by atoms with Crippen molar-refractivity contribution in [2.24, 2.45) is 17.8 Å². The molecule has 0 aromatic heterocycles. The summed E-state index contributed by atoms with van der Waals surface area (Å²) in [6.45, 7) is 8.92. The van der Waals surface area contributed by atoms with Gasteiger partial charge >= 0.3 is 99.2 Å². The first-order chi connectivity index (χ1) is 18.4. The van der Waals surface area contributed by atoms with E-state index < -0.39 is 0 Å². The van der Waals surface area contributed by atoms with Crippen LogP contribution in [0.25, 0.3) is 21.5 Å². The van der Waals surface area contributed by atoms with E-state index in [1.54, 1.807) is 0 Å². The molecule has 40 heavy (non-hydrogen) atoms. The molecule has 1 aliphatic carbocycles. The average Bonchev–Trinajstić information content (AvgIpc) is 3.60. The molecule has 0 bridgehead atoms. The summed E-state index contributed by atoms with van der Waals surface area (Å²) >= 11 is 1.46. The molecule has 0 amide bonds. The number of rotatable bonds is 4. The normalized spacial score (nSPS) is 13.5. The van der Waals surface area contributed by atoms with Crippen molar-refractivity contribution in [3.05, 3.63) is 150 Å². The summed E-state index contributed by atoms with van der Waals surface area (Å²) in [5, 5.41) is 5.39. The molecular weight excluding hydrogens is 607 g/mol. The van der Waals surface area contributed by atoms with Crippen LogP contribution in [-0.4, -0.2) is 3.21 Å². The topological polar surface area (TPSA) is 0 Å². The van der Waals surface area contributed by atoms with Crippen molar-refractivity contribution in [1.29, 1.82) is 0 Å². The largest absolute Gasteiger partial charge is 0.126 e. The molecule has 1 atom stereocenters. The first-order valence-corrected chi connectivity index (χ1v) is 14.7. The van der Waals surface area contributed by atoms with E-state index in [0.29, 0.717) is 17.8 Å². The zero-order chi connectivity index (χ0) is 26.9. The maximum atomic E-state index is 3.50. The minimum Gasteiger partial charge on any atom is -0.126 e. The molecule has 0 fully saturated rings. The molecule has 0 aliphatic heterocycles. The summed E-state index contributed by atoms with van der Waals surface area (Å²) in [6, 6.07) is 40.4. The molecule has 0 N–H and O–H groups in total. The van der Waals surface area contributed by atoms with Crippen LogP contribution < -0.4 is 24.8 Å². The fraction of sp³-hybridized carbons (Fsp3) is 0.189. The zero-order valence-corrected chi connectivity index (χ0v) is 27.6. The third-order valence-electron chi connectivity index (χ3n) is 6.80. The van der Waals surface area contributed by atoms with Crippen molar-refractivity contribution in [1.82, 2.24) is 0 Å². The van der Waals surface area contributed by atoms with E-state index in [9.17, 15) is 0 Å². The second kappa shape index (κ2) is 16.7. The fourth-order valence-corrected chi connectivity index (χ4v) is 5.34. The van der Waals surface area contributed by atoms with Gasteiger partial charge in [-0.2, -0.15) is 6.08 Å². The quantitative estimate of drug-likeness (QED) is 0.262. The van der Waals surface area contributed by atoms with E-state index in [4.69, 9.17) is 0 Å². The van der Waals surface area contributed by atoms with Gasteiger partial charge in [-0.15, -0.1) is 39.7 Å². The van der Waals surface area contributed by atoms with E-state index in [0.717, 1.165) is 0 Å². The Labute approximate surface area is 267 Å².